The highest BCUT2D eigenvalue weighted by molar-refractivity contribution is 5.53. The molecule has 1 saturated carbocycles. The van der Waals surface area contributed by atoms with Crippen LogP contribution in [-0.4, -0.2) is 32.2 Å². The number of benzene rings is 1. The number of hydrogen-bond acceptors (Lipinski definition) is 3. The standard InChI is InChI=1S/C18H29N3/c1-5-15-10-9-14(12-17(15)13-21(4)20-3)11-16-7-6-8-18(16)19-2/h5,9-10,12,16,18-20H,1,6-8,11,13H2,2-4H3. The molecule has 0 bridgehead atoms. The summed E-state index contributed by atoms with van der Waals surface area (Å²) in [7, 11) is 6.11. The smallest absolute Gasteiger partial charge is 0.0384 e. The van der Waals surface area contributed by atoms with Crippen molar-refractivity contribution in [1.82, 2.24) is 15.8 Å². The molecule has 1 aromatic carbocycles. The maximum Gasteiger partial charge on any atom is 0.0384 e. The second-order valence-corrected chi connectivity index (χ2v) is 6.11. The Kier molecular flexibility index (Phi) is 5.97. The van der Waals surface area contributed by atoms with Gasteiger partial charge >= 0.3 is 0 Å². The van der Waals surface area contributed by atoms with Crippen LogP contribution in [0, 0.1) is 5.92 Å². The van der Waals surface area contributed by atoms with Crippen LogP contribution in [0.4, 0.5) is 0 Å². The van der Waals surface area contributed by atoms with Crippen molar-refractivity contribution in [2.75, 3.05) is 21.1 Å². The van der Waals surface area contributed by atoms with Crippen molar-refractivity contribution in [2.24, 2.45) is 5.92 Å². The molecule has 2 rings (SSSR count). The lowest BCUT2D eigenvalue weighted by Gasteiger charge is -2.21. The first-order valence-electron chi connectivity index (χ1n) is 7.98. The zero-order chi connectivity index (χ0) is 15.2. The summed E-state index contributed by atoms with van der Waals surface area (Å²) in [6.07, 6.45) is 7.16. The average molecular weight is 287 g/mol. The Labute approximate surface area is 129 Å². The first-order valence-corrected chi connectivity index (χ1v) is 7.98. The number of hydrazine groups is 1. The van der Waals surface area contributed by atoms with E-state index in [9.17, 15) is 0 Å². The van der Waals surface area contributed by atoms with E-state index in [1.807, 2.05) is 13.1 Å². The normalized spacial score (nSPS) is 21.9. The summed E-state index contributed by atoms with van der Waals surface area (Å²) in [5, 5.41) is 5.57. The lowest BCUT2D eigenvalue weighted by molar-refractivity contribution is 0.251. The fourth-order valence-corrected chi connectivity index (χ4v) is 3.42. The Hall–Kier alpha value is -1.16. The summed E-state index contributed by atoms with van der Waals surface area (Å²) in [6.45, 7) is 4.83. The van der Waals surface area contributed by atoms with Crippen LogP contribution in [0.5, 0.6) is 0 Å². The van der Waals surface area contributed by atoms with Crippen LogP contribution in [0.3, 0.4) is 0 Å². The van der Waals surface area contributed by atoms with Crippen molar-refractivity contribution in [2.45, 2.75) is 38.3 Å². The summed E-state index contributed by atoms with van der Waals surface area (Å²) in [5.41, 5.74) is 7.19. The summed E-state index contributed by atoms with van der Waals surface area (Å²) < 4.78 is 0. The molecule has 1 fully saturated rings. The van der Waals surface area contributed by atoms with Gasteiger partial charge in [0.1, 0.15) is 0 Å². The third-order valence-corrected chi connectivity index (χ3v) is 4.74. The molecule has 3 nitrogen and oxygen atoms in total. The van der Waals surface area contributed by atoms with Gasteiger partial charge in [-0.15, -0.1) is 0 Å². The quantitative estimate of drug-likeness (QED) is 0.755. The van der Waals surface area contributed by atoms with E-state index in [1.54, 1.807) is 0 Å². The SMILES string of the molecule is C=Cc1ccc(CC2CCCC2NC)cc1CN(C)NC. The fourth-order valence-electron chi connectivity index (χ4n) is 3.42. The van der Waals surface area contributed by atoms with E-state index < -0.39 is 0 Å². The molecule has 2 unspecified atom stereocenters. The van der Waals surface area contributed by atoms with Crippen molar-refractivity contribution in [3.63, 3.8) is 0 Å². The molecule has 2 atom stereocenters. The zero-order valence-corrected chi connectivity index (χ0v) is 13.7. The minimum Gasteiger partial charge on any atom is -0.317 e. The molecular formula is C18H29N3. The van der Waals surface area contributed by atoms with Crippen LogP contribution in [0.25, 0.3) is 6.08 Å². The minimum absolute atomic E-state index is 0.688. The van der Waals surface area contributed by atoms with Crippen LogP contribution in [0.1, 0.15) is 36.0 Å². The molecule has 0 aromatic heterocycles. The van der Waals surface area contributed by atoms with Gasteiger partial charge in [-0.1, -0.05) is 37.3 Å². The van der Waals surface area contributed by atoms with Gasteiger partial charge in [-0.2, -0.15) is 0 Å². The molecule has 0 radical (unpaired) electrons. The number of nitrogens with zero attached hydrogens (tertiary/aromatic N) is 1. The highest BCUT2D eigenvalue weighted by atomic mass is 15.5. The van der Waals surface area contributed by atoms with E-state index in [4.69, 9.17) is 0 Å². The molecule has 2 N–H and O–H groups in total. The summed E-state index contributed by atoms with van der Waals surface area (Å²) in [5.74, 6) is 0.777. The lowest BCUT2D eigenvalue weighted by atomic mass is 9.92. The largest absolute Gasteiger partial charge is 0.317 e. The maximum atomic E-state index is 3.93. The van der Waals surface area contributed by atoms with E-state index in [0.717, 1.165) is 12.5 Å². The summed E-state index contributed by atoms with van der Waals surface area (Å²) in [6, 6.07) is 7.53. The third-order valence-electron chi connectivity index (χ3n) is 4.74. The van der Waals surface area contributed by atoms with Crippen LogP contribution in [0.15, 0.2) is 24.8 Å². The van der Waals surface area contributed by atoms with Crippen molar-refractivity contribution < 1.29 is 0 Å². The zero-order valence-electron chi connectivity index (χ0n) is 13.7. The Balaban J connectivity index is 2.13. The number of rotatable bonds is 7. The number of nitrogens with one attached hydrogen (secondary N) is 2. The van der Waals surface area contributed by atoms with Gasteiger partial charge in [0.2, 0.25) is 0 Å². The van der Waals surface area contributed by atoms with Gasteiger partial charge in [0.25, 0.3) is 0 Å². The van der Waals surface area contributed by atoms with Gasteiger partial charge in [0.05, 0.1) is 0 Å². The van der Waals surface area contributed by atoms with Gasteiger partial charge in [-0.05, 0) is 56.0 Å². The third kappa shape index (κ3) is 4.16. The first-order chi connectivity index (χ1) is 10.2. The van der Waals surface area contributed by atoms with Crippen molar-refractivity contribution in [3.8, 4) is 0 Å². The number of hydrogen-bond donors (Lipinski definition) is 2. The summed E-state index contributed by atoms with van der Waals surface area (Å²) >= 11 is 0. The van der Waals surface area contributed by atoms with Crippen molar-refractivity contribution >= 4 is 6.08 Å². The monoisotopic (exact) mass is 287 g/mol. The maximum absolute atomic E-state index is 3.93. The van der Waals surface area contributed by atoms with Gasteiger partial charge in [0.15, 0.2) is 0 Å². The molecule has 0 saturated heterocycles. The van der Waals surface area contributed by atoms with Crippen LogP contribution in [0.2, 0.25) is 0 Å². The van der Waals surface area contributed by atoms with Gasteiger partial charge < -0.3 is 5.32 Å². The van der Waals surface area contributed by atoms with Gasteiger partial charge in [-0.25, -0.2) is 5.01 Å². The Morgan fingerprint density at radius 2 is 2.14 bits per heavy atom. The minimum atomic E-state index is 0.688. The van der Waals surface area contributed by atoms with Crippen LogP contribution in [-0.2, 0) is 13.0 Å². The van der Waals surface area contributed by atoms with E-state index in [1.165, 1.54) is 42.4 Å². The van der Waals surface area contributed by atoms with Crippen molar-refractivity contribution in [3.05, 3.63) is 41.5 Å². The fraction of sp³-hybridized carbons (Fsp3) is 0.556. The predicted molar refractivity (Wildman–Crippen MR) is 91.0 cm³/mol. The highest BCUT2D eigenvalue weighted by Crippen LogP contribution is 2.29. The Bertz CT molecular complexity index is 470. The van der Waals surface area contributed by atoms with E-state index >= 15 is 0 Å². The molecule has 0 aliphatic heterocycles. The predicted octanol–water partition coefficient (Wildman–Crippen LogP) is 2.83. The van der Waals surface area contributed by atoms with Crippen LogP contribution >= 0.6 is 0 Å². The van der Waals surface area contributed by atoms with Gasteiger partial charge in [-0.3, -0.25) is 5.43 Å². The molecule has 1 aromatic rings. The second kappa shape index (κ2) is 7.74. The summed E-state index contributed by atoms with van der Waals surface area (Å²) in [4.78, 5) is 0. The average Bonchev–Trinajstić information content (AvgIpc) is 2.94. The molecule has 1 aliphatic carbocycles. The molecule has 1 aliphatic rings. The topological polar surface area (TPSA) is 27.3 Å². The Morgan fingerprint density at radius 3 is 2.81 bits per heavy atom. The van der Waals surface area contributed by atoms with Gasteiger partial charge in [0, 0.05) is 19.6 Å². The molecule has 0 amide bonds. The molecule has 0 spiro atoms. The molecule has 3 heteroatoms. The molecule has 116 valence electrons. The second-order valence-electron chi connectivity index (χ2n) is 6.11. The van der Waals surface area contributed by atoms with E-state index in [0.29, 0.717) is 6.04 Å². The van der Waals surface area contributed by atoms with E-state index in [2.05, 4.69) is 54.6 Å². The van der Waals surface area contributed by atoms with Crippen LogP contribution < -0.4 is 10.7 Å². The molecule has 0 heterocycles. The Morgan fingerprint density at radius 1 is 1.33 bits per heavy atom. The highest BCUT2D eigenvalue weighted by Gasteiger charge is 2.25. The molecular weight excluding hydrogens is 258 g/mol. The van der Waals surface area contributed by atoms with E-state index in [-0.39, 0.29) is 0 Å². The molecule has 21 heavy (non-hydrogen) atoms. The van der Waals surface area contributed by atoms with Crippen molar-refractivity contribution in [1.29, 1.82) is 0 Å². The first kappa shape index (κ1) is 16.2. The lowest BCUT2D eigenvalue weighted by Crippen LogP contribution is -2.31.